The quantitative estimate of drug-likeness (QED) is 0.425. The highest BCUT2D eigenvalue weighted by atomic mass is 19.1. The molecule has 0 spiro atoms. The van der Waals surface area contributed by atoms with Crippen molar-refractivity contribution >= 4 is 17.0 Å². The Balaban J connectivity index is 1.24. The first-order valence-electron chi connectivity index (χ1n) is 11.8. The molecule has 176 valence electrons. The number of halogens is 1. The van der Waals surface area contributed by atoms with Crippen molar-refractivity contribution in [2.75, 3.05) is 31.5 Å². The molecule has 1 aliphatic rings. The monoisotopic (exact) mass is 460 g/mol. The first-order valence-corrected chi connectivity index (χ1v) is 11.8. The molecule has 0 amide bonds. The van der Waals surface area contributed by atoms with E-state index < -0.39 is 0 Å². The normalized spacial score (nSPS) is 18.8. The molecular weight excluding hydrogens is 431 g/mol. The van der Waals surface area contributed by atoms with Crippen molar-refractivity contribution in [2.24, 2.45) is 5.92 Å². The number of ether oxygens (including phenoxy) is 1. The summed E-state index contributed by atoms with van der Waals surface area (Å²) in [4.78, 5) is 15.6. The molecule has 0 aliphatic carbocycles. The molecule has 8 heteroatoms. The number of aromatic nitrogens is 4. The molecule has 1 aliphatic heterocycles. The Morgan fingerprint density at radius 3 is 2.65 bits per heavy atom. The third-order valence-electron chi connectivity index (χ3n) is 6.32. The molecule has 1 fully saturated rings. The first kappa shape index (κ1) is 22.3. The molecule has 2 atom stereocenters. The lowest BCUT2D eigenvalue weighted by atomic mass is 9.96. The maximum atomic E-state index is 13.4. The van der Waals surface area contributed by atoms with E-state index in [4.69, 9.17) is 9.72 Å². The lowest BCUT2D eigenvalue weighted by molar-refractivity contribution is 0.0457. The molecule has 1 saturated heterocycles. The summed E-state index contributed by atoms with van der Waals surface area (Å²) in [5.74, 6) is 0.789. The molecule has 2 aromatic heterocycles. The maximum Gasteiger partial charge on any atom is 0.297 e. The molecule has 2 unspecified atom stereocenters. The Bertz CT molecular complexity index is 1210. The average Bonchev–Trinajstić information content (AvgIpc) is 3.20. The minimum Gasteiger partial charge on any atom is -0.461 e. The van der Waals surface area contributed by atoms with Crippen LogP contribution in [0.1, 0.15) is 18.9 Å². The summed E-state index contributed by atoms with van der Waals surface area (Å²) in [6.45, 7) is 6.47. The van der Waals surface area contributed by atoms with Crippen LogP contribution in [0.5, 0.6) is 6.01 Å². The summed E-state index contributed by atoms with van der Waals surface area (Å²) in [6.07, 6.45) is 4.50. The van der Waals surface area contributed by atoms with Gasteiger partial charge in [-0.1, -0.05) is 31.2 Å². The van der Waals surface area contributed by atoms with Gasteiger partial charge in [0.2, 0.25) is 5.95 Å². The van der Waals surface area contributed by atoms with Crippen LogP contribution in [-0.4, -0.2) is 56.7 Å². The maximum absolute atomic E-state index is 13.4. The van der Waals surface area contributed by atoms with Gasteiger partial charge in [0.25, 0.3) is 6.01 Å². The van der Waals surface area contributed by atoms with Crippen molar-refractivity contribution in [1.29, 1.82) is 0 Å². The van der Waals surface area contributed by atoms with E-state index in [0.29, 0.717) is 24.4 Å². The van der Waals surface area contributed by atoms with Crippen molar-refractivity contribution in [2.45, 2.75) is 26.0 Å². The van der Waals surface area contributed by atoms with E-state index in [2.05, 4.69) is 31.7 Å². The van der Waals surface area contributed by atoms with E-state index in [9.17, 15) is 4.39 Å². The lowest BCUT2D eigenvalue weighted by Gasteiger charge is -2.36. The first-order chi connectivity index (χ1) is 16.7. The minimum absolute atomic E-state index is 0.0884. The topological polar surface area (TPSA) is 68.1 Å². The van der Waals surface area contributed by atoms with Crippen LogP contribution in [0.3, 0.4) is 0 Å². The highest BCUT2D eigenvalue weighted by molar-refractivity contribution is 5.76. The van der Waals surface area contributed by atoms with Crippen LogP contribution in [0.25, 0.3) is 11.0 Å². The van der Waals surface area contributed by atoms with Gasteiger partial charge in [0.05, 0.1) is 17.6 Å². The van der Waals surface area contributed by atoms with Gasteiger partial charge in [0.1, 0.15) is 11.9 Å². The van der Waals surface area contributed by atoms with Crippen LogP contribution >= 0.6 is 0 Å². The van der Waals surface area contributed by atoms with Crippen LogP contribution in [0.15, 0.2) is 67.0 Å². The van der Waals surface area contributed by atoms with Crippen molar-refractivity contribution in [3.8, 4) is 6.01 Å². The molecule has 7 nitrogen and oxygen atoms in total. The number of hydrogen-bond acceptors (Lipinski definition) is 6. The van der Waals surface area contributed by atoms with Gasteiger partial charge in [0.15, 0.2) is 0 Å². The number of nitrogens with one attached hydrogen (secondary N) is 1. The molecule has 2 aromatic carbocycles. The van der Waals surface area contributed by atoms with Gasteiger partial charge in [-0.25, -0.2) is 14.4 Å². The molecule has 3 heterocycles. The van der Waals surface area contributed by atoms with Gasteiger partial charge in [-0.15, -0.1) is 0 Å². The zero-order valence-corrected chi connectivity index (χ0v) is 19.3. The second-order valence-electron chi connectivity index (χ2n) is 8.82. The van der Waals surface area contributed by atoms with Crippen LogP contribution in [0.4, 0.5) is 10.3 Å². The SMILES string of the molecule is CC1CN(CCNc2ncccn2)CCC1Oc1nc2ccccc2n1Cc1ccc(F)cc1. The van der Waals surface area contributed by atoms with Gasteiger partial charge in [-0.3, -0.25) is 4.57 Å². The Morgan fingerprint density at radius 1 is 1.06 bits per heavy atom. The number of benzene rings is 2. The predicted octanol–water partition coefficient (Wildman–Crippen LogP) is 4.22. The number of piperidine rings is 1. The summed E-state index contributed by atoms with van der Waals surface area (Å²) >= 11 is 0. The standard InChI is InChI=1S/C26H29FN6O/c1-19-17-32(16-14-30-25-28-12-4-13-29-25)15-11-24(19)34-26-31-22-5-2-3-6-23(22)33(26)18-20-7-9-21(27)10-8-20/h2-10,12-13,19,24H,11,14-18H2,1H3,(H,28,29,30). The van der Waals surface area contributed by atoms with Crippen LogP contribution < -0.4 is 10.1 Å². The Kier molecular flexibility index (Phi) is 6.67. The predicted molar refractivity (Wildman–Crippen MR) is 130 cm³/mol. The summed E-state index contributed by atoms with van der Waals surface area (Å²) in [5, 5.41) is 3.27. The van der Waals surface area contributed by atoms with E-state index in [-0.39, 0.29) is 11.9 Å². The van der Waals surface area contributed by atoms with Crippen molar-refractivity contribution in [3.05, 3.63) is 78.4 Å². The number of imidazole rings is 1. The molecule has 0 bridgehead atoms. The molecule has 4 aromatic rings. The highest BCUT2D eigenvalue weighted by Gasteiger charge is 2.29. The zero-order chi connectivity index (χ0) is 23.3. The summed E-state index contributed by atoms with van der Waals surface area (Å²) in [5.41, 5.74) is 2.92. The van der Waals surface area contributed by atoms with Gasteiger partial charge in [-0.05, 0) is 42.3 Å². The van der Waals surface area contributed by atoms with E-state index in [1.54, 1.807) is 12.4 Å². The fourth-order valence-corrected chi connectivity index (χ4v) is 4.51. The number of likely N-dealkylation sites (tertiary alicyclic amines) is 1. The van der Waals surface area contributed by atoms with Crippen LogP contribution in [0, 0.1) is 11.7 Å². The number of para-hydroxylation sites is 2. The Morgan fingerprint density at radius 2 is 1.85 bits per heavy atom. The second-order valence-corrected chi connectivity index (χ2v) is 8.82. The number of anilines is 1. The number of rotatable bonds is 8. The van der Waals surface area contributed by atoms with Gasteiger partial charge >= 0.3 is 0 Å². The number of nitrogens with zero attached hydrogens (tertiary/aromatic N) is 5. The molecular formula is C26H29FN6O. The third-order valence-corrected chi connectivity index (χ3v) is 6.32. The summed E-state index contributed by atoms with van der Waals surface area (Å²) in [6, 6.07) is 17.1. The summed E-state index contributed by atoms with van der Waals surface area (Å²) in [7, 11) is 0. The minimum atomic E-state index is -0.234. The fraction of sp³-hybridized carbons (Fsp3) is 0.346. The van der Waals surface area contributed by atoms with Gasteiger partial charge in [0, 0.05) is 44.5 Å². The smallest absolute Gasteiger partial charge is 0.297 e. The van der Waals surface area contributed by atoms with E-state index in [1.807, 2.05) is 42.5 Å². The van der Waals surface area contributed by atoms with Crippen LogP contribution in [0.2, 0.25) is 0 Å². The molecule has 0 saturated carbocycles. The van der Waals surface area contributed by atoms with E-state index >= 15 is 0 Å². The zero-order valence-electron chi connectivity index (χ0n) is 19.3. The van der Waals surface area contributed by atoms with Crippen molar-refractivity contribution in [3.63, 3.8) is 0 Å². The third kappa shape index (κ3) is 5.17. The average molecular weight is 461 g/mol. The largest absolute Gasteiger partial charge is 0.461 e. The van der Waals surface area contributed by atoms with Crippen molar-refractivity contribution in [1.82, 2.24) is 24.4 Å². The number of fused-ring (bicyclic) bond motifs is 1. The molecule has 1 N–H and O–H groups in total. The highest BCUT2D eigenvalue weighted by Crippen LogP contribution is 2.27. The molecule has 34 heavy (non-hydrogen) atoms. The molecule has 0 radical (unpaired) electrons. The molecule has 5 rings (SSSR count). The van der Waals surface area contributed by atoms with E-state index in [0.717, 1.165) is 49.2 Å². The van der Waals surface area contributed by atoms with Crippen molar-refractivity contribution < 1.29 is 9.13 Å². The number of hydrogen-bond donors (Lipinski definition) is 1. The van der Waals surface area contributed by atoms with Gasteiger partial charge < -0.3 is 15.0 Å². The Labute approximate surface area is 198 Å². The Hall–Kier alpha value is -3.52. The second kappa shape index (κ2) is 10.2. The lowest BCUT2D eigenvalue weighted by Crippen LogP contribution is -2.46. The van der Waals surface area contributed by atoms with Crippen LogP contribution in [-0.2, 0) is 6.54 Å². The van der Waals surface area contributed by atoms with E-state index in [1.165, 1.54) is 12.1 Å². The fourth-order valence-electron chi connectivity index (χ4n) is 4.51. The summed E-state index contributed by atoms with van der Waals surface area (Å²) < 4.78 is 22.0. The van der Waals surface area contributed by atoms with Gasteiger partial charge in [-0.2, -0.15) is 4.98 Å².